The summed E-state index contributed by atoms with van der Waals surface area (Å²) in [6.07, 6.45) is 1.44. The summed E-state index contributed by atoms with van der Waals surface area (Å²) in [4.78, 5) is 15.0. The van der Waals surface area contributed by atoms with Crippen molar-refractivity contribution in [1.29, 1.82) is 0 Å². The lowest BCUT2D eigenvalue weighted by molar-refractivity contribution is -0.181. The molecule has 26 heavy (non-hydrogen) atoms. The van der Waals surface area contributed by atoms with Gasteiger partial charge in [-0.3, -0.25) is 4.79 Å². The topological polar surface area (TPSA) is 56.6 Å². The Morgan fingerprint density at radius 2 is 1.73 bits per heavy atom. The van der Waals surface area contributed by atoms with Crippen LogP contribution in [-0.2, 0) is 9.47 Å². The van der Waals surface area contributed by atoms with E-state index in [-0.39, 0.29) is 5.91 Å². The number of nitrogens with zero attached hydrogens (tertiary/aromatic N) is 3. The van der Waals surface area contributed by atoms with Gasteiger partial charge in [0.2, 0.25) is 0 Å². The second-order valence-electron chi connectivity index (χ2n) is 6.83. The van der Waals surface area contributed by atoms with Crippen LogP contribution >= 0.6 is 15.9 Å². The summed E-state index contributed by atoms with van der Waals surface area (Å²) in [6, 6.07) is 7.91. The molecule has 2 saturated heterocycles. The van der Waals surface area contributed by atoms with Crippen molar-refractivity contribution in [1.82, 2.24) is 14.7 Å². The average Bonchev–Trinajstić information content (AvgIpc) is 3.20. The van der Waals surface area contributed by atoms with Crippen molar-refractivity contribution in [2.75, 3.05) is 26.3 Å². The second-order valence-corrected chi connectivity index (χ2v) is 7.75. The molecule has 2 aromatic rings. The van der Waals surface area contributed by atoms with Crippen LogP contribution in [0.25, 0.3) is 5.69 Å². The molecule has 7 heteroatoms. The highest BCUT2D eigenvalue weighted by Gasteiger charge is 2.41. The number of benzene rings is 1. The quantitative estimate of drug-likeness (QED) is 0.749. The van der Waals surface area contributed by atoms with E-state index in [9.17, 15) is 4.79 Å². The highest BCUT2D eigenvalue weighted by Crippen LogP contribution is 2.32. The summed E-state index contributed by atoms with van der Waals surface area (Å²) < 4.78 is 14.4. The summed E-state index contributed by atoms with van der Waals surface area (Å²) >= 11 is 3.45. The molecular formula is C19H22BrN3O3. The van der Waals surface area contributed by atoms with Gasteiger partial charge in [-0.05, 0) is 38.1 Å². The molecule has 2 aliphatic rings. The Hall–Kier alpha value is -1.70. The second kappa shape index (κ2) is 6.79. The number of aromatic nitrogens is 2. The van der Waals surface area contributed by atoms with Crippen LogP contribution in [0.2, 0.25) is 0 Å². The molecule has 4 rings (SSSR count). The van der Waals surface area contributed by atoms with Crippen LogP contribution in [-0.4, -0.2) is 52.7 Å². The third kappa shape index (κ3) is 3.08. The predicted octanol–water partition coefficient (Wildman–Crippen LogP) is 3.23. The Balaban J connectivity index is 1.56. The highest BCUT2D eigenvalue weighted by atomic mass is 79.9. The van der Waals surface area contributed by atoms with Crippen LogP contribution in [0.3, 0.4) is 0 Å². The van der Waals surface area contributed by atoms with Gasteiger partial charge in [0.1, 0.15) is 0 Å². The molecule has 0 aliphatic carbocycles. The van der Waals surface area contributed by atoms with Gasteiger partial charge in [-0.25, -0.2) is 4.68 Å². The number of amides is 1. The largest absolute Gasteiger partial charge is 0.347 e. The molecule has 3 heterocycles. The van der Waals surface area contributed by atoms with Crippen molar-refractivity contribution >= 4 is 21.8 Å². The Morgan fingerprint density at radius 1 is 1.12 bits per heavy atom. The Bertz CT molecular complexity index is 815. The maximum atomic E-state index is 13.1. The first-order chi connectivity index (χ1) is 12.5. The molecule has 0 unspecified atom stereocenters. The molecule has 0 saturated carbocycles. The van der Waals surface area contributed by atoms with Crippen molar-refractivity contribution in [3.05, 3.63) is 45.7 Å². The lowest BCUT2D eigenvalue weighted by Gasteiger charge is -2.37. The number of aryl methyl sites for hydroxylation is 1. The first-order valence-electron chi connectivity index (χ1n) is 8.88. The Morgan fingerprint density at radius 3 is 2.35 bits per heavy atom. The predicted molar refractivity (Wildman–Crippen MR) is 101 cm³/mol. The number of halogens is 1. The molecule has 0 radical (unpaired) electrons. The minimum atomic E-state index is -0.470. The number of carbonyl (C=O) groups excluding carboxylic acids is 1. The molecule has 1 aromatic heterocycles. The first kappa shape index (κ1) is 17.7. The maximum absolute atomic E-state index is 13.1. The van der Waals surface area contributed by atoms with Gasteiger partial charge in [-0.1, -0.05) is 15.9 Å². The van der Waals surface area contributed by atoms with Gasteiger partial charge in [0.25, 0.3) is 5.91 Å². The standard InChI is InChI=1S/C19H22BrN3O3/c1-13-17(14(2)23(21-13)16-5-3-15(20)4-6-16)18(24)22-9-7-19(8-10-22)25-11-12-26-19/h3-6H,7-12H2,1-2H3. The van der Waals surface area contributed by atoms with Crippen molar-refractivity contribution in [2.45, 2.75) is 32.5 Å². The zero-order valence-electron chi connectivity index (χ0n) is 15.0. The number of hydrogen-bond donors (Lipinski definition) is 0. The Kier molecular flexibility index (Phi) is 4.62. The normalized spacial score (nSPS) is 19.3. The van der Waals surface area contributed by atoms with Crippen molar-refractivity contribution in [2.24, 2.45) is 0 Å². The fourth-order valence-corrected chi connectivity index (χ4v) is 4.04. The molecule has 1 aromatic carbocycles. The van der Waals surface area contributed by atoms with E-state index in [1.165, 1.54) is 0 Å². The number of rotatable bonds is 2. The fraction of sp³-hybridized carbons (Fsp3) is 0.474. The molecular weight excluding hydrogens is 398 g/mol. The zero-order valence-corrected chi connectivity index (χ0v) is 16.6. The zero-order chi connectivity index (χ0) is 18.3. The molecule has 2 fully saturated rings. The van der Waals surface area contributed by atoms with Crippen LogP contribution < -0.4 is 0 Å². The Labute approximate surface area is 161 Å². The fourth-order valence-electron chi connectivity index (χ4n) is 3.78. The molecule has 6 nitrogen and oxygen atoms in total. The summed E-state index contributed by atoms with van der Waals surface area (Å²) in [6.45, 7) is 6.41. The van der Waals surface area contributed by atoms with Crippen LogP contribution in [0.4, 0.5) is 0 Å². The smallest absolute Gasteiger partial charge is 0.257 e. The SMILES string of the molecule is Cc1nn(-c2ccc(Br)cc2)c(C)c1C(=O)N1CCC2(CC1)OCCO2. The maximum Gasteiger partial charge on any atom is 0.257 e. The molecule has 0 atom stereocenters. The summed E-state index contributed by atoms with van der Waals surface area (Å²) in [5.41, 5.74) is 3.25. The molecule has 0 N–H and O–H groups in total. The average molecular weight is 420 g/mol. The lowest BCUT2D eigenvalue weighted by Crippen LogP contribution is -2.47. The molecule has 138 valence electrons. The van der Waals surface area contributed by atoms with Gasteiger partial charge in [0.15, 0.2) is 5.79 Å². The van der Waals surface area contributed by atoms with E-state index in [1.807, 2.05) is 47.7 Å². The molecule has 1 spiro atoms. The molecule has 2 aliphatic heterocycles. The van der Waals surface area contributed by atoms with Gasteiger partial charge in [0, 0.05) is 30.4 Å². The van der Waals surface area contributed by atoms with Gasteiger partial charge in [-0.15, -0.1) is 0 Å². The van der Waals surface area contributed by atoms with E-state index < -0.39 is 5.79 Å². The summed E-state index contributed by atoms with van der Waals surface area (Å²) in [7, 11) is 0. The molecule has 1 amide bonds. The number of piperidine rings is 1. The van der Waals surface area contributed by atoms with Gasteiger partial charge < -0.3 is 14.4 Å². The van der Waals surface area contributed by atoms with Crippen LogP contribution in [0.1, 0.15) is 34.6 Å². The van der Waals surface area contributed by atoms with Gasteiger partial charge >= 0.3 is 0 Å². The van der Waals surface area contributed by atoms with Crippen molar-refractivity contribution < 1.29 is 14.3 Å². The minimum Gasteiger partial charge on any atom is -0.347 e. The monoisotopic (exact) mass is 419 g/mol. The summed E-state index contributed by atoms with van der Waals surface area (Å²) in [5, 5.41) is 4.60. The van der Waals surface area contributed by atoms with Crippen molar-refractivity contribution in [3.63, 3.8) is 0 Å². The number of likely N-dealkylation sites (tertiary alicyclic amines) is 1. The van der Waals surface area contributed by atoms with E-state index in [1.54, 1.807) is 0 Å². The minimum absolute atomic E-state index is 0.0382. The van der Waals surface area contributed by atoms with Crippen LogP contribution in [0.5, 0.6) is 0 Å². The van der Waals surface area contributed by atoms with Crippen LogP contribution in [0, 0.1) is 13.8 Å². The van der Waals surface area contributed by atoms with E-state index in [0.29, 0.717) is 31.9 Å². The molecule has 0 bridgehead atoms. The van der Waals surface area contributed by atoms with E-state index in [4.69, 9.17) is 9.47 Å². The number of carbonyl (C=O) groups is 1. The van der Waals surface area contributed by atoms with E-state index in [0.717, 1.165) is 34.4 Å². The summed E-state index contributed by atoms with van der Waals surface area (Å²) in [5.74, 6) is -0.432. The van der Waals surface area contributed by atoms with E-state index >= 15 is 0 Å². The van der Waals surface area contributed by atoms with E-state index in [2.05, 4.69) is 21.0 Å². The number of hydrogen-bond acceptors (Lipinski definition) is 4. The number of ether oxygens (including phenoxy) is 2. The van der Waals surface area contributed by atoms with Crippen LogP contribution in [0.15, 0.2) is 28.7 Å². The lowest BCUT2D eigenvalue weighted by atomic mass is 10.0. The van der Waals surface area contributed by atoms with Crippen molar-refractivity contribution in [3.8, 4) is 5.69 Å². The van der Waals surface area contributed by atoms with Gasteiger partial charge in [-0.2, -0.15) is 5.10 Å². The highest BCUT2D eigenvalue weighted by molar-refractivity contribution is 9.10. The third-order valence-electron chi connectivity index (χ3n) is 5.20. The first-order valence-corrected chi connectivity index (χ1v) is 9.68. The van der Waals surface area contributed by atoms with Gasteiger partial charge in [0.05, 0.1) is 35.9 Å². The third-order valence-corrected chi connectivity index (χ3v) is 5.73.